The molecule has 11 heteroatoms. The minimum atomic E-state index is -4.05. The van der Waals surface area contributed by atoms with Crippen LogP contribution in [0.1, 0.15) is 31.2 Å². The Bertz CT molecular complexity index is 1560. The number of carbonyl (C=O) groups excluding carboxylic acids is 2. The molecule has 0 aliphatic heterocycles. The molecule has 9 nitrogen and oxygen atoms in total. The summed E-state index contributed by atoms with van der Waals surface area (Å²) in [6.07, 6.45) is 1.38. The Hall–Kier alpha value is -4.48. The van der Waals surface area contributed by atoms with Crippen molar-refractivity contribution in [2.75, 3.05) is 12.4 Å². The van der Waals surface area contributed by atoms with E-state index in [1.165, 1.54) is 48.9 Å². The molecule has 0 fully saturated rings. The van der Waals surface area contributed by atoms with Crippen molar-refractivity contribution in [2.24, 2.45) is 5.10 Å². The second-order valence-electron chi connectivity index (χ2n) is 7.97. The number of amides is 2. The van der Waals surface area contributed by atoms with Crippen LogP contribution < -0.4 is 19.7 Å². The van der Waals surface area contributed by atoms with Crippen LogP contribution in [-0.4, -0.2) is 33.6 Å². The predicted octanol–water partition coefficient (Wildman–Crippen LogP) is 4.85. The fourth-order valence-corrected chi connectivity index (χ4v) is 4.80. The van der Waals surface area contributed by atoms with Crippen LogP contribution in [-0.2, 0) is 10.1 Å². The fourth-order valence-electron chi connectivity index (χ4n) is 3.24. The molecule has 0 saturated carbocycles. The van der Waals surface area contributed by atoms with E-state index in [1.807, 2.05) is 12.3 Å². The number of hydrogen-bond acceptors (Lipinski definition) is 8. The number of thiophene rings is 1. The van der Waals surface area contributed by atoms with Gasteiger partial charge in [-0.05, 0) is 78.5 Å². The van der Waals surface area contributed by atoms with Crippen LogP contribution in [0, 0.1) is 6.92 Å². The Morgan fingerprint density at radius 2 is 1.66 bits per heavy atom. The standard InChI is InChI=1S/C27H23N3O6S2/c1-18-5-12-22(13-6-18)38(33,34)36-23-14-7-19(16-24(23)35-2)17-28-30-26(31)20-8-10-21(11-9-20)29-27(32)25-4-3-15-37-25/h3-17H,1-2H3,(H,29,32)(H,30,31). The summed E-state index contributed by atoms with van der Waals surface area (Å²) in [4.78, 5) is 25.2. The molecule has 0 aliphatic carbocycles. The van der Waals surface area contributed by atoms with Crippen LogP contribution >= 0.6 is 11.3 Å². The van der Waals surface area contributed by atoms with Crippen molar-refractivity contribution in [1.29, 1.82) is 0 Å². The van der Waals surface area contributed by atoms with E-state index in [-0.39, 0.29) is 22.3 Å². The first kappa shape index (κ1) is 26.6. The number of nitrogens with one attached hydrogen (secondary N) is 2. The number of methoxy groups -OCH3 is 1. The number of carbonyl (C=O) groups is 2. The van der Waals surface area contributed by atoms with Gasteiger partial charge in [0.1, 0.15) is 4.90 Å². The van der Waals surface area contributed by atoms with Gasteiger partial charge in [0.25, 0.3) is 11.8 Å². The first-order valence-corrected chi connectivity index (χ1v) is 13.5. The van der Waals surface area contributed by atoms with Gasteiger partial charge in [0.2, 0.25) is 0 Å². The maximum absolute atomic E-state index is 12.6. The third kappa shape index (κ3) is 6.64. The van der Waals surface area contributed by atoms with Gasteiger partial charge in [0.15, 0.2) is 11.5 Å². The highest BCUT2D eigenvalue weighted by Crippen LogP contribution is 2.30. The number of ether oxygens (including phenoxy) is 1. The van der Waals surface area contributed by atoms with E-state index in [1.54, 1.807) is 54.6 Å². The summed E-state index contributed by atoms with van der Waals surface area (Å²) >= 11 is 1.34. The number of hydrazone groups is 1. The first-order valence-electron chi connectivity index (χ1n) is 11.2. The molecule has 3 aromatic carbocycles. The second kappa shape index (κ2) is 11.7. The summed E-state index contributed by atoms with van der Waals surface area (Å²) in [7, 11) is -2.66. The van der Waals surface area contributed by atoms with Gasteiger partial charge in [-0.25, -0.2) is 5.43 Å². The van der Waals surface area contributed by atoms with E-state index in [9.17, 15) is 18.0 Å². The molecule has 2 N–H and O–H groups in total. The molecule has 1 aromatic heterocycles. The molecule has 4 aromatic rings. The lowest BCUT2D eigenvalue weighted by Gasteiger charge is -2.11. The monoisotopic (exact) mass is 549 g/mol. The summed E-state index contributed by atoms with van der Waals surface area (Å²) in [5.74, 6) is -0.480. The minimum Gasteiger partial charge on any atom is -0.493 e. The zero-order chi connectivity index (χ0) is 27.1. The molecule has 2 amide bonds. The zero-order valence-electron chi connectivity index (χ0n) is 20.4. The smallest absolute Gasteiger partial charge is 0.339 e. The largest absolute Gasteiger partial charge is 0.493 e. The number of anilines is 1. The van der Waals surface area contributed by atoms with E-state index in [0.29, 0.717) is 21.7 Å². The lowest BCUT2D eigenvalue weighted by molar-refractivity contribution is 0.0954. The molecular weight excluding hydrogens is 526 g/mol. The molecule has 0 saturated heterocycles. The van der Waals surface area contributed by atoms with Crippen LogP contribution in [0.4, 0.5) is 5.69 Å². The Morgan fingerprint density at radius 1 is 0.921 bits per heavy atom. The first-order chi connectivity index (χ1) is 18.2. The third-order valence-electron chi connectivity index (χ3n) is 5.23. The summed E-state index contributed by atoms with van der Waals surface area (Å²) in [6, 6.07) is 20.7. The molecule has 0 aliphatic rings. The molecule has 0 unspecified atom stereocenters. The molecule has 1 heterocycles. The summed E-state index contributed by atoms with van der Waals surface area (Å²) in [5, 5.41) is 8.53. The minimum absolute atomic E-state index is 0.0144. The Kier molecular flexibility index (Phi) is 8.19. The van der Waals surface area contributed by atoms with E-state index < -0.39 is 16.0 Å². The molecule has 4 rings (SSSR count). The second-order valence-corrected chi connectivity index (χ2v) is 10.5. The Morgan fingerprint density at radius 3 is 2.32 bits per heavy atom. The average Bonchev–Trinajstić information content (AvgIpc) is 3.45. The van der Waals surface area contributed by atoms with Crippen molar-refractivity contribution in [3.8, 4) is 11.5 Å². The van der Waals surface area contributed by atoms with Gasteiger partial charge in [-0.3, -0.25) is 9.59 Å². The average molecular weight is 550 g/mol. The SMILES string of the molecule is COc1cc(C=NNC(=O)c2ccc(NC(=O)c3cccs3)cc2)ccc1OS(=O)(=O)c1ccc(C)cc1. The van der Waals surface area contributed by atoms with E-state index in [4.69, 9.17) is 8.92 Å². The van der Waals surface area contributed by atoms with Gasteiger partial charge < -0.3 is 14.2 Å². The van der Waals surface area contributed by atoms with Crippen LogP contribution in [0.15, 0.2) is 94.2 Å². The van der Waals surface area contributed by atoms with Crippen molar-refractivity contribution < 1.29 is 26.9 Å². The maximum atomic E-state index is 12.6. The topological polar surface area (TPSA) is 123 Å². The number of aryl methyl sites for hydroxylation is 1. The zero-order valence-corrected chi connectivity index (χ0v) is 22.0. The molecule has 0 bridgehead atoms. The van der Waals surface area contributed by atoms with E-state index >= 15 is 0 Å². The van der Waals surface area contributed by atoms with E-state index in [2.05, 4.69) is 15.8 Å². The highest BCUT2D eigenvalue weighted by molar-refractivity contribution is 7.87. The summed E-state index contributed by atoms with van der Waals surface area (Å²) < 4.78 is 35.8. The Labute approximate surface area is 223 Å². The molecule has 38 heavy (non-hydrogen) atoms. The van der Waals surface area contributed by atoms with E-state index in [0.717, 1.165) is 5.56 Å². The van der Waals surface area contributed by atoms with Gasteiger partial charge >= 0.3 is 10.1 Å². The molecular formula is C27H23N3O6S2. The van der Waals surface area contributed by atoms with Crippen molar-refractivity contribution in [3.63, 3.8) is 0 Å². The quantitative estimate of drug-likeness (QED) is 0.175. The van der Waals surface area contributed by atoms with Crippen LogP contribution in [0.25, 0.3) is 0 Å². The highest BCUT2D eigenvalue weighted by Gasteiger charge is 2.19. The summed E-state index contributed by atoms with van der Waals surface area (Å²) in [5.41, 5.74) is 4.79. The lowest BCUT2D eigenvalue weighted by atomic mass is 10.2. The van der Waals surface area contributed by atoms with Crippen molar-refractivity contribution in [2.45, 2.75) is 11.8 Å². The number of benzene rings is 3. The molecule has 0 atom stereocenters. The number of nitrogens with zero attached hydrogens (tertiary/aromatic N) is 1. The van der Waals surface area contributed by atoms with Crippen LogP contribution in [0.3, 0.4) is 0 Å². The van der Waals surface area contributed by atoms with Gasteiger partial charge in [-0.15, -0.1) is 11.3 Å². The van der Waals surface area contributed by atoms with Crippen LogP contribution in [0.2, 0.25) is 0 Å². The molecule has 0 spiro atoms. The predicted molar refractivity (Wildman–Crippen MR) is 146 cm³/mol. The van der Waals surface area contributed by atoms with Crippen molar-refractivity contribution in [3.05, 3.63) is 106 Å². The fraction of sp³-hybridized carbons (Fsp3) is 0.0741. The van der Waals surface area contributed by atoms with Gasteiger partial charge in [0.05, 0.1) is 18.2 Å². The normalized spacial score (nSPS) is 11.2. The van der Waals surface area contributed by atoms with Crippen LogP contribution in [0.5, 0.6) is 11.5 Å². The lowest BCUT2D eigenvalue weighted by Crippen LogP contribution is -2.17. The highest BCUT2D eigenvalue weighted by atomic mass is 32.2. The third-order valence-corrected chi connectivity index (χ3v) is 7.34. The van der Waals surface area contributed by atoms with Crippen molar-refractivity contribution >= 4 is 45.2 Å². The number of rotatable bonds is 9. The summed E-state index contributed by atoms with van der Waals surface area (Å²) in [6.45, 7) is 1.86. The Balaban J connectivity index is 1.37. The maximum Gasteiger partial charge on any atom is 0.339 e. The van der Waals surface area contributed by atoms with Gasteiger partial charge in [0, 0.05) is 11.3 Å². The molecule has 194 valence electrons. The van der Waals surface area contributed by atoms with Crippen molar-refractivity contribution in [1.82, 2.24) is 5.43 Å². The van der Waals surface area contributed by atoms with Gasteiger partial charge in [-0.1, -0.05) is 23.8 Å². The molecule has 0 radical (unpaired) electrons. The number of hydrogen-bond donors (Lipinski definition) is 2. The van der Waals surface area contributed by atoms with Gasteiger partial charge in [-0.2, -0.15) is 13.5 Å².